The monoisotopic (exact) mass is 271 g/mol. The average molecular weight is 271 g/mol. The maximum atomic E-state index is 11.0. The van der Waals surface area contributed by atoms with Crippen LogP contribution in [0.4, 0.5) is 0 Å². The molecule has 6 nitrogen and oxygen atoms in total. The highest BCUT2D eigenvalue weighted by atomic mass is 16.5. The molecule has 0 unspecified atom stereocenters. The van der Waals surface area contributed by atoms with E-state index in [0.29, 0.717) is 25.3 Å². The van der Waals surface area contributed by atoms with Crippen molar-refractivity contribution in [3.63, 3.8) is 0 Å². The second-order valence-electron chi connectivity index (χ2n) is 4.20. The van der Waals surface area contributed by atoms with Gasteiger partial charge in [0.2, 0.25) is 5.76 Å². The van der Waals surface area contributed by atoms with Crippen molar-refractivity contribution in [3.05, 3.63) is 23.7 Å². The van der Waals surface area contributed by atoms with Gasteiger partial charge < -0.3 is 19.0 Å². The zero-order valence-electron chi connectivity index (χ0n) is 11.4. The van der Waals surface area contributed by atoms with Gasteiger partial charge in [0.05, 0.1) is 12.9 Å². The number of methoxy groups -OCH3 is 2. The first-order chi connectivity index (χ1) is 9.19. The molecule has 1 N–H and O–H groups in total. The van der Waals surface area contributed by atoms with E-state index in [0.717, 1.165) is 19.5 Å². The third kappa shape index (κ3) is 5.42. The van der Waals surface area contributed by atoms with Crippen LogP contribution in [0.5, 0.6) is 0 Å². The zero-order valence-corrected chi connectivity index (χ0v) is 11.4. The molecule has 6 heteroatoms. The molecule has 0 fully saturated rings. The summed E-state index contributed by atoms with van der Waals surface area (Å²) in [4.78, 5) is 13.1. The Labute approximate surface area is 112 Å². The number of aromatic carboxylic acids is 1. The molecule has 0 aliphatic rings. The minimum absolute atomic E-state index is 0.00848. The molecule has 0 aromatic carbocycles. The number of rotatable bonds is 10. The van der Waals surface area contributed by atoms with Crippen LogP contribution in [0.15, 0.2) is 16.7 Å². The molecule has 0 aliphatic carbocycles. The molecule has 19 heavy (non-hydrogen) atoms. The Balaban J connectivity index is 2.58. The lowest BCUT2D eigenvalue weighted by molar-refractivity contribution is 0.0658. The molecular formula is C13H21NO5. The van der Waals surface area contributed by atoms with E-state index in [2.05, 4.69) is 4.90 Å². The predicted octanol–water partition coefficient (Wildman–Crippen LogP) is 1.46. The summed E-state index contributed by atoms with van der Waals surface area (Å²) in [6.45, 7) is 3.38. The van der Waals surface area contributed by atoms with Gasteiger partial charge in [-0.15, -0.1) is 0 Å². The zero-order chi connectivity index (χ0) is 14.1. The molecule has 1 aromatic heterocycles. The molecule has 0 radical (unpaired) electrons. The summed E-state index contributed by atoms with van der Waals surface area (Å²) >= 11 is 0. The first-order valence-corrected chi connectivity index (χ1v) is 6.19. The molecule has 0 atom stereocenters. The molecule has 1 heterocycles. The Bertz CT molecular complexity index is 377. The molecule has 1 rings (SSSR count). The van der Waals surface area contributed by atoms with Gasteiger partial charge >= 0.3 is 5.97 Å². The van der Waals surface area contributed by atoms with Crippen LogP contribution in [0, 0.1) is 0 Å². The van der Waals surface area contributed by atoms with E-state index in [4.69, 9.17) is 19.0 Å². The van der Waals surface area contributed by atoms with Gasteiger partial charge in [0.15, 0.2) is 0 Å². The van der Waals surface area contributed by atoms with Gasteiger partial charge in [-0.2, -0.15) is 0 Å². The molecular weight excluding hydrogens is 250 g/mol. The normalized spacial score (nSPS) is 11.1. The molecule has 0 saturated carbocycles. The minimum Gasteiger partial charge on any atom is -0.475 e. The third-order valence-electron chi connectivity index (χ3n) is 2.77. The number of furan rings is 1. The van der Waals surface area contributed by atoms with Crippen molar-refractivity contribution in [3.8, 4) is 0 Å². The Kier molecular flexibility index (Phi) is 7.17. The largest absolute Gasteiger partial charge is 0.475 e. The summed E-state index contributed by atoms with van der Waals surface area (Å²) in [5.41, 5.74) is 0.681. The topological polar surface area (TPSA) is 72.1 Å². The van der Waals surface area contributed by atoms with Crippen molar-refractivity contribution in [1.82, 2.24) is 4.90 Å². The lowest BCUT2D eigenvalue weighted by Gasteiger charge is -2.21. The minimum atomic E-state index is -1.04. The van der Waals surface area contributed by atoms with Crippen LogP contribution >= 0.6 is 0 Å². The maximum absolute atomic E-state index is 11.0. The summed E-state index contributed by atoms with van der Waals surface area (Å²) in [5, 5.41) is 9.00. The lowest BCUT2D eigenvalue weighted by atomic mass is 10.2. The number of carboxylic acid groups (broad SMARTS) is 1. The molecule has 0 bridgehead atoms. The smallest absolute Gasteiger partial charge is 0.372 e. The van der Waals surface area contributed by atoms with Crippen LogP contribution < -0.4 is 0 Å². The molecule has 1 aromatic rings. The fourth-order valence-corrected chi connectivity index (χ4v) is 1.81. The van der Waals surface area contributed by atoms with Crippen LogP contribution in [0.3, 0.4) is 0 Å². The lowest BCUT2D eigenvalue weighted by Crippen LogP contribution is -2.29. The highest BCUT2D eigenvalue weighted by Crippen LogP contribution is 2.13. The quantitative estimate of drug-likeness (QED) is 0.650. The fourth-order valence-electron chi connectivity index (χ4n) is 1.81. The van der Waals surface area contributed by atoms with E-state index in [1.54, 1.807) is 20.3 Å². The predicted molar refractivity (Wildman–Crippen MR) is 69.3 cm³/mol. The van der Waals surface area contributed by atoms with E-state index in [9.17, 15) is 4.79 Å². The van der Waals surface area contributed by atoms with Crippen molar-refractivity contribution < 1.29 is 23.8 Å². The van der Waals surface area contributed by atoms with Crippen molar-refractivity contribution in [2.75, 3.05) is 40.5 Å². The van der Waals surface area contributed by atoms with Crippen LogP contribution in [0.25, 0.3) is 0 Å². The Morgan fingerprint density at radius 2 is 2.05 bits per heavy atom. The van der Waals surface area contributed by atoms with E-state index in [1.807, 2.05) is 0 Å². The molecule has 0 saturated heterocycles. The summed E-state index contributed by atoms with van der Waals surface area (Å²) in [6.07, 6.45) is 2.29. The number of hydrogen-bond acceptors (Lipinski definition) is 5. The summed E-state index contributed by atoms with van der Waals surface area (Å²) in [7, 11) is 3.31. The van der Waals surface area contributed by atoms with Crippen LogP contribution in [0.1, 0.15) is 22.5 Å². The molecule has 108 valence electrons. The van der Waals surface area contributed by atoms with Gasteiger partial charge in [0.25, 0.3) is 0 Å². The average Bonchev–Trinajstić information content (AvgIpc) is 2.84. The van der Waals surface area contributed by atoms with Crippen molar-refractivity contribution in [2.45, 2.75) is 13.0 Å². The SMILES string of the molecule is COCCCN(CCOC)Cc1ccoc1C(=O)O. The number of carbonyl (C=O) groups is 1. The Morgan fingerprint density at radius 1 is 1.32 bits per heavy atom. The van der Waals surface area contributed by atoms with Crippen molar-refractivity contribution >= 4 is 5.97 Å². The number of nitrogens with zero attached hydrogens (tertiary/aromatic N) is 1. The van der Waals surface area contributed by atoms with Gasteiger partial charge in [0, 0.05) is 46.0 Å². The summed E-state index contributed by atoms with van der Waals surface area (Å²) in [6, 6.07) is 1.69. The van der Waals surface area contributed by atoms with Gasteiger partial charge in [-0.05, 0) is 12.5 Å². The maximum Gasteiger partial charge on any atom is 0.372 e. The van der Waals surface area contributed by atoms with Gasteiger partial charge in [0.1, 0.15) is 0 Å². The molecule has 0 amide bonds. The highest BCUT2D eigenvalue weighted by Gasteiger charge is 2.16. The first-order valence-electron chi connectivity index (χ1n) is 6.19. The Morgan fingerprint density at radius 3 is 2.68 bits per heavy atom. The standard InChI is InChI=1S/C13H21NO5/c1-17-7-3-5-14(6-9-18-2)10-11-4-8-19-12(11)13(15)16/h4,8H,3,5-7,9-10H2,1-2H3,(H,15,16). The second-order valence-corrected chi connectivity index (χ2v) is 4.20. The van der Waals surface area contributed by atoms with Crippen molar-refractivity contribution in [1.29, 1.82) is 0 Å². The number of carboxylic acids is 1. The van der Waals surface area contributed by atoms with E-state index in [-0.39, 0.29) is 5.76 Å². The van der Waals surface area contributed by atoms with Gasteiger partial charge in [-0.25, -0.2) is 4.79 Å². The van der Waals surface area contributed by atoms with Crippen LogP contribution in [-0.2, 0) is 16.0 Å². The number of ether oxygens (including phenoxy) is 2. The van der Waals surface area contributed by atoms with E-state index < -0.39 is 5.97 Å². The summed E-state index contributed by atoms with van der Waals surface area (Å²) in [5.74, 6) is -1.03. The molecule has 0 spiro atoms. The highest BCUT2D eigenvalue weighted by molar-refractivity contribution is 5.86. The molecule has 0 aliphatic heterocycles. The van der Waals surface area contributed by atoms with E-state index in [1.165, 1.54) is 6.26 Å². The van der Waals surface area contributed by atoms with Crippen LogP contribution in [0.2, 0.25) is 0 Å². The second kappa shape index (κ2) is 8.68. The fraction of sp³-hybridized carbons (Fsp3) is 0.615. The van der Waals surface area contributed by atoms with Crippen LogP contribution in [-0.4, -0.2) is 56.5 Å². The Hall–Kier alpha value is -1.37. The van der Waals surface area contributed by atoms with Gasteiger partial charge in [-0.1, -0.05) is 0 Å². The number of hydrogen-bond donors (Lipinski definition) is 1. The van der Waals surface area contributed by atoms with Gasteiger partial charge in [-0.3, -0.25) is 4.90 Å². The van der Waals surface area contributed by atoms with E-state index >= 15 is 0 Å². The first kappa shape index (κ1) is 15.7. The van der Waals surface area contributed by atoms with Crippen molar-refractivity contribution in [2.24, 2.45) is 0 Å². The third-order valence-corrected chi connectivity index (χ3v) is 2.77. The summed E-state index contributed by atoms with van der Waals surface area (Å²) < 4.78 is 15.1.